The van der Waals surface area contributed by atoms with Crippen LogP contribution in [-0.4, -0.2) is 45.6 Å². The Morgan fingerprint density at radius 1 is 1.07 bits per heavy atom. The van der Waals surface area contributed by atoms with E-state index in [1.807, 2.05) is 0 Å². The fourth-order valence-corrected chi connectivity index (χ4v) is 4.32. The Labute approximate surface area is 159 Å². The minimum Gasteiger partial charge on any atom is -0.497 e. The number of benzene rings is 2. The van der Waals surface area contributed by atoms with Gasteiger partial charge in [0.15, 0.2) is 0 Å². The molecule has 144 valence electrons. The van der Waals surface area contributed by atoms with E-state index in [0.717, 1.165) is 0 Å². The van der Waals surface area contributed by atoms with E-state index in [0.29, 0.717) is 37.4 Å². The summed E-state index contributed by atoms with van der Waals surface area (Å²) < 4.78 is 32.7. The predicted molar refractivity (Wildman–Crippen MR) is 103 cm³/mol. The molecule has 0 atom stereocenters. The first kappa shape index (κ1) is 19.2. The van der Waals surface area contributed by atoms with E-state index >= 15 is 0 Å². The second-order valence-electron chi connectivity index (χ2n) is 6.36. The number of carbonyl (C=O) groups excluding carboxylic acids is 1. The second-order valence-corrected chi connectivity index (χ2v) is 8.07. The van der Waals surface area contributed by atoms with Crippen molar-refractivity contribution in [1.29, 1.82) is 0 Å². The number of anilines is 1. The fourth-order valence-electron chi connectivity index (χ4n) is 2.99. The molecule has 1 heterocycles. The number of nitrogens with one attached hydrogen (secondary N) is 2. The molecule has 0 unspecified atom stereocenters. The van der Waals surface area contributed by atoms with Crippen molar-refractivity contribution in [2.45, 2.75) is 23.8 Å². The molecule has 0 aromatic heterocycles. The fraction of sp³-hybridized carbons (Fsp3) is 0.316. The first-order valence-electron chi connectivity index (χ1n) is 8.75. The minimum absolute atomic E-state index is 0.184. The summed E-state index contributed by atoms with van der Waals surface area (Å²) >= 11 is 0. The largest absolute Gasteiger partial charge is 0.497 e. The van der Waals surface area contributed by atoms with E-state index in [4.69, 9.17) is 4.74 Å². The first-order valence-corrected chi connectivity index (χ1v) is 10.2. The van der Waals surface area contributed by atoms with E-state index in [1.165, 1.54) is 0 Å². The van der Waals surface area contributed by atoms with Crippen LogP contribution in [0.2, 0.25) is 0 Å². The van der Waals surface area contributed by atoms with Crippen LogP contribution in [0, 0.1) is 0 Å². The zero-order valence-electron chi connectivity index (χ0n) is 15.1. The lowest BCUT2D eigenvalue weighted by Crippen LogP contribution is -2.47. The quantitative estimate of drug-likeness (QED) is 0.823. The molecule has 1 aliphatic heterocycles. The first-order chi connectivity index (χ1) is 13.0. The van der Waals surface area contributed by atoms with Crippen molar-refractivity contribution in [1.82, 2.24) is 9.62 Å². The van der Waals surface area contributed by atoms with Crippen molar-refractivity contribution in [3.8, 4) is 5.75 Å². The number of nitrogens with zero attached hydrogens (tertiary/aromatic N) is 1. The van der Waals surface area contributed by atoms with Crippen LogP contribution in [0.15, 0.2) is 59.5 Å². The summed E-state index contributed by atoms with van der Waals surface area (Å²) in [6, 6.07) is 15.1. The van der Waals surface area contributed by atoms with Crippen LogP contribution in [0.25, 0.3) is 0 Å². The van der Waals surface area contributed by atoms with E-state index in [2.05, 4.69) is 10.0 Å². The van der Waals surface area contributed by atoms with Gasteiger partial charge in [-0.15, -0.1) is 0 Å². The third-order valence-corrected chi connectivity index (χ3v) is 6.01. The number of rotatable bonds is 5. The SMILES string of the molecule is COc1cccc(NC(=O)N2CCC(NS(=O)(=O)c3ccccc3)CC2)c1. The van der Waals surface area contributed by atoms with Gasteiger partial charge < -0.3 is 15.0 Å². The molecule has 0 bridgehead atoms. The van der Waals surface area contributed by atoms with E-state index in [9.17, 15) is 13.2 Å². The molecule has 27 heavy (non-hydrogen) atoms. The van der Waals surface area contributed by atoms with E-state index in [-0.39, 0.29) is 17.0 Å². The number of amides is 2. The Morgan fingerprint density at radius 3 is 2.44 bits per heavy atom. The number of carbonyl (C=O) groups is 1. The molecule has 8 heteroatoms. The van der Waals surface area contributed by atoms with Gasteiger partial charge in [-0.25, -0.2) is 17.9 Å². The van der Waals surface area contributed by atoms with Crippen molar-refractivity contribution in [3.63, 3.8) is 0 Å². The molecular formula is C19H23N3O4S. The average Bonchev–Trinajstić information content (AvgIpc) is 2.69. The van der Waals surface area contributed by atoms with Crippen LogP contribution in [0.5, 0.6) is 5.75 Å². The monoisotopic (exact) mass is 389 g/mol. The number of ether oxygens (including phenoxy) is 1. The van der Waals surface area contributed by atoms with E-state index < -0.39 is 10.0 Å². The summed E-state index contributed by atoms with van der Waals surface area (Å²) in [5, 5.41) is 2.84. The summed E-state index contributed by atoms with van der Waals surface area (Å²) in [6.07, 6.45) is 1.13. The Hall–Kier alpha value is -2.58. The molecular weight excluding hydrogens is 366 g/mol. The van der Waals surface area contributed by atoms with Crippen molar-refractivity contribution >= 4 is 21.7 Å². The molecule has 2 aromatic rings. The second kappa shape index (κ2) is 8.41. The van der Waals surface area contributed by atoms with Crippen LogP contribution in [-0.2, 0) is 10.0 Å². The molecule has 3 rings (SSSR count). The van der Waals surface area contributed by atoms with Crippen molar-refractivity contribution in [2.24, 2.45) is 0 Å². The lowest BCUT2D eigenvalue weighted by Gasteiger charge is -2.32. The van der Waals surface area contributed by atoms with Crippen LogP contribution < -0.4 is 14.8 Å². The Kier molecular flexibility index (Phi) is 5.98. The number of sulfonamides is 1. The van der Waals surface area contributed by atoms with Gasteiger partial charge >= 0.3 is 6.03 Å². The molecule has 0 aliphatic carbocycles. The van der Waals surface area contributed by atoms with Gasteiger partial charge in [0.2, 0.25) is 10.0 Å². The number of methoxy groups -OCH3 is 1. The van der Waals surface area contributed by atoms with Gasteiger partial charge in [-0.1, -0.05) is 24.3 Å². The lowest BCUT2D eigenvalue weighted by molar-refractivity contribution is 0.193. The normalized spacial score (nSPS) is 15.4. The minimum atomic E-state index is -3.54. The maximum Gasteiger partial charge on any atom is 0.321 e. The molecule has 1 fully saturated rings. The number of likely N-dealkylation sites (tertiary alicyclic amines) is 1. The highest BCUT2D eigenvalue weighted by Gasteiger charge is 2.26. The maximum absolute atomic E-state index is 12.4. The number of urea groups is 1. The van der Waals surface area contributed by atoms with Gasteiger partial charge in [-0.2, -0.15) is 0 Å². The zero-order chi connectivity index (χ0) is 19.3. The third-order valence-electron chi connectivity index (χ3n) is 4.48. The third kappa shape index (κ3) is 4.99. The average molecular weight is 389 g/mol. The highest BCUT2D eigenvalue weighted by molar-refractivity contribution is 7.89. The highest BCUT2D eigenvalue weighted by Crippen LogP contribution is 2.19. The Bertz CT molecular complexity index is 879. The Balaban J connectivity index is 1.53. The molecule has 0 spiro atoms. The van der Waals surface area contributed by atoms with Crippen LogP contribution in [0.3, 0.4) is 0 Å². The van der Waals surface area contributed by atoms with Crippen LogP contribution in [0.4, 0.5) is 10.5 Å². The summed E-state index contributed by atoms with van der Waals surface area (Å²) in [6.45, 7) is 0.968. The number of hydrogen-bond acceptors (Lipinski definition) is 4. The van der Waals surface area contributed by atoms with Crippen molar-refractivity contribution < 1.29 is 17.9 Å². The molecule has 2 amide bonds. The predicted octanol–water partition coefficient (Wildman–Crippen LogP) is 2.67. The van der Waals surface area contributed by atoms with Gasteiger partial charge in [0.25, 0.3) is 0 Å². The van der Waals surface area contributed by atoms with E-state index in [1.54, 1.807) is 66.6 Å². The summed E-state index contributed by atoms with van der Waals surface area (Å²) in [4.78, 5) is 14.4. The lowest BCUT2D eigenvalue weighted by atomic mass is 10.1. The van der Waals surface area contributed by atoms with Crippen LogP contribution >= 0.6 is 0 Å². The maximum atomic E-state index is 12.4. The number of piperidine rings is 1. The molecule has 2 aromatic carbocycles. The van der Waals surface area contributed by atoms with Crippen molar-refractivity contribution in [2.75, 3.05) is 25.5 Å². The van der Waals surface area contributed by atoms with Gasteiger partial charge in [0.1, 0.15) is 5.75 Å². The van der Waals surface area contributed by atoms with Gasteiger partial charge in [0, 0.05) is 30.9 Å². The topological polar surface area (TPSA) is 87.7 Å². The molecule has 7 nitrogen and oxygen atoms in total. The molecule has 0 radical (unpaired) electrons. The molecule has 2 N–H and O–H groups in total. The molecule has 1 aliphatic rings. The van der Waals surface area contributed by atoms with Crippen LogP contribution in [0.1, 0.15) is 12.8 Å². The summed E-state index contributed by atoms with van der Waals surface area (Å²) in [5.74, 6) is 0.668. The standard InChI is InChI=1S/C19H23N3O4S/c1-26-17-7-5-6-16(14-17)20-19(23)22-12-10-15(11-13-22)21-27(24,25)18-8-3-2-4-9-18/h2-9,14-15,21H,10-13H2,1H3,(H,20,23). The molecule has 1 saturated heterocycles. The smallest absolute Gasteiger partial charge is 0.321 e. The summed E-state index contributed by atoms with van der Waals surface area (Å²) in [5.41, 5.74) is 0.659. The van der Waals surface area contributed by atoms with Gasteiger partial charge in [-0.3, -0.25) is 0 Å². The van der Waals surface area contributed by atoms with Gasteiger partial charge in [-0.05, 0) is 37.1 Å². The number of hydrogen-bond donors (Lipinski definition) is 2. The summed E-state index contributed by atoms with van der Waals surface area (Å²) in [7, 11) is -1.97. The van der Waals surface area contributed by atoms with Gasteiger partial charge in [0.05, 0.1) is 12.0 Å². The zero-order valence-corrected chi connectivity index (χ0v) is 15.9. The van der Waals surface area contributed by atoms with Crippen molar-refractivity contribution in [3.05, 3.63) is 54.6 Å². The molecule has 0 saturated carbocycles. The highest BCUT2D eigenvalue weighted by atomic mass is 32.2. The Morgan fingerprint density at radius 2 is 1.78 bits per heavy atom.